The van der Waals surface area contributed by atoms with Crippen molar-refractivity contribution in [2.45, 2.75) is 32.6 Å². The maximum atomic E-state index is 8.34. The van der Waals surface area contributed by atoms with Gasteiger partial charge in [-0.3, -0.25) is 0 Å². The minimum absolute atomic E-state index is 0.300. The Hall–Kier alpha value is 0.683. The topological polar surface area (TPSA) is 17.1 Å². The van der Waals surface area contributed by atoms with E-state index in [-0.39, 0.29) is 0 Å². The molecule has 0 radical (unpaired) electrons. The monoisotopic (exact) mass is 191 g/mol. The van der Waals surface area contributed by atoms with Gasteiger partial charge in [0.25, 0.3) is 0 Å². The molecule has 0 amide bonds. The number of hydrogen-bond acceptors (Lipinski definition) is 1. The van der Waals surface area contributed by atoms with Crippen molar-refractivity contribution in [1.29, 1.82) is 0 Å². The average molecular weight is 192 g/mol. The summed E-state index contributed by atoms with van der Waals surface area (Å²) in [4.78, 5) is 0. The number of rotatable bonds is 3. The van der Waals surface area contributed by atoms with Crippen LogP contribution in [0.1, 0.15) is 32.6 Å². The molecule has 0 bridgehead atoms. The van der Waals surface area contributed by atoms with E-state index < -0.39 is 0 Å². The first-order valence-corrected chi connectivity index (χ1v) is 3.91. The van der Waals surface area contributed by atoms with E-state index in [9.17, 15) is 0 Å². The summed E-state index contributed by atoms with van der Waals surface area (Å²) in [7, 11) is 0. The van der Waals surface area contributed by atoms with Crippen LogP contribution in [0.2, 0.25) is 0 Å². The van der Waals surface area contributed by atoms with Crippen molar-refractivity contribution in [2.75, 3.05) is 0 Å². The molecule has 0 spiro atoms. The van der Waals surface area contributed by atoms with Crippen LogP contribution in [-0.4, -0.2) is 0 Å². The van der Waals surface area contributed by atoms with E-state index in [0.717, 1.165) is 6.42 Å². The van der Waals surface area contributed by atoms with Gasteiger partial charge in [0.2, 0.25) is 0 Å². The van der Waals surface area contributed by atoms with Crippen molar-refractivity contribution in [2.24, 2.45) is 0 Å². The molecule has 0 aliphatic carbocycles. The molecule has 0 atom stereocenters. The Morgan fingerprint density at radius 1 is 1.38 bits per heavy atom. The molecule has 1 nitrogen and oxygen atoms in total. The van der Waals surface area contributed by atoms with E-state index in [4.69, 9.17) is 2.81 Å². The van der Waals surface area contributed by atoms with Gasteiger partial charge in [-0.1, -0.05) is 26.2 Å². The molecule has 48 valence electrons. The standard InChI is InChI=1S/C6H13.O.Zr/c1-3-5-6-4-2;;/h1,3-6H2,2H3;;/q-1;;. The molecule has 0 unspecified atom stereocenters. The summed E-state index contributed by atoms with van der Waals surface area (Å²) in [5.74, 6) is 0. The summed E-state index contributed by atoms with van der Waals surface area (Å²) >= 11 is 0.300. The van der Waals surface area contributed by atoms with Crippen molar-refractivity contribution in [3.63, 3.8) is 0 Å². The molecule has 8 heavy (non-hydrogen) atoms. The van der Waals surface area contributed by atoms with Gasteiger partial charge < -0.3 is 6.92 Å². The van der Waals surface area contributed by atoms with E-state index >= 15 is 0 Å². The van der Waals surface area contributed by atoms with E-state index in [1.54, 1.807) is 0 Å². The molecule has 0 saturated carbocycles. The fraction of sp³-hybridized carbons (Fsp3) is 0.833. The van der Waals surface area contributed by atoms with Crippen LogP contribution in [0.3, 0.4) is 0 Å². The number of unbranched alkanes of at least 4 members (excludes halogenated alkanes) is 3. The molecule has 0 aliphatic heterocycles. The Kier molecular flexibility index (Phi) is 22.4. The van der Waals surface area contributed by atoms with Crippen LogP contribution in [0.25, 0.3) is 0 Å². The van der Waals surface area contributed by atoms with Gasteiger partial charge in [0.1, 0.15) is 0 Å². The maximum absolute atomic E-state index is 8.34. The molecule has 0 aromatic rings. The molecule has 0 fully saturated rings. The molecule has 2 heteroatoms. The second-order valence-corrected chi connectivity index (χ2v) is 1.56. The van der Waals surface area contributed by atoms with E-state index in [1.807, 2.05) is 0 Å². The summed E-state index contributed by atoms with van der Waals surface area (Å²) in [6.45, 7) is 5.93. The molecule has 0 aromatic heterocycles. The average Bonchev–Trinajstić information content (AvgIpc) is 1.88. The fourth-order valence-electron chi connectivity index (χ4n) is 0.427. The van der Waals surface area contributed by atoms with Crippen molar-refractivity contribution in [3.8, 4) is 0 Å². The van der Waals surface area contributed by atoms with Gasteiger partial charge in [0.05, 0.1) is 0 Å². The zero-order chi connectivity index (χ0) is 6.83. The van der Waals surface area contributed by atoms with Crippen molar-refractivity contribution >= 4 is 0 Å². The van der Waals surface area contributed by atoms with Gasteiger partial charge in [0.15, 0.2) is 0 Å². The van der Waals surface area contributed by atoms with Gasteiger partial charge in [-0.2, -0.15) is 6.42 Å². The Labute approximate surface area is 67.2 Å². The fourth-order valence-corrected chi connectivity index (χ4v) is 0.427. The summed E-state index contributed by atoms with van der Waals surface area (Å²) in [6, 6.07) is 0. The van der Waals surface area contributed by atoms with Gasteiger partial charge in [-0.15, -0.1) is 0 Å². The number of hydrogen-bond donors (Lipinski definition) is 0. The Morgan fingerprint density at radius 3 is 2.00 bits per heavy atom. The minimum atomic E-state index is 0.300. The Bertz CT molecular complexity index is 27.7. The van der Waals surface area contributed by atoms with Crippen molar-refractivity contribution in [3.05, 3.63) is 6.92 Å². The van der Waals surface area contributed by atoms with Crippen LogP contribution in [-0.2, 0) is 27.5 Å². The third kappa shape index (κ3) is 15.9. The van der Waals surface area contributed by atoms with Gasteiger partial charge in [0, 0.05) is 0 Å². The van der Waals surface area contributed by atoms with Crippen LogP contribution >= 0.6 is 0 Å². The summed E-state index contributed by atoms with van der Waals surface area (Å²) < 4.78 is 8.34. The predicted molar refractivity (Wildman–Crippen MR) is 30.2 cm³/mol. The summed E-state index contributed by atoms with van der Waals surface area (Å²) in [5.41, 5.74) is 0. The van der Waals surface area contributed by atoms with Crippen molar-refractivity contribution < 1.29 is 27.5 Å². The van der Waals surface area contributed by atoms with E-state index in [0.29, 0.717) is 24.7 Å². The molecule has 0 N–H and O–H groups in total. The second-order valence-electron chi connectivity index (χ2n) is 1.56. The van der Waals surface area contributed by atoms with Crippen molar-refractivity contribution in [1.82, 2.24) is 0 Å². The summed E-state index contributed by atoms with van der Waals surface area (Å²) in [5, 5.41) is 0. The zero-order valence-corrected chi connectivity index (χ0v) is 7.90. The normalized spacial score (nSPS) is 7.12. The van der Waals surface area contributed by atoms with Crippen LogP contribution in [0, 0.1) is 6.92 Å². The quantitative estimate of drug-likeness (QED) is 0.495. The SMILES string of the molecule is [CH2-]CCCCC.[O]=[Zr]. The zero-order valence-electron chi connectivity index (χ0n) is 5.44. The van der Waals surface area contributed by atoms with Crippen LogP contribution in [0.5, 0.6) is 0 Å². The molecule has 0 aliphatic rings. The molecular weight excluding hydrogens is 179 g/mol. The second kappa shape index (κ2) is 15.6. The van der Waals surface area contributed by atoms with Gasteiger partial charge >= 0.3 is 27.5 Å². The van der Waals surface area contributed by atoms with Gasteiger partial charge in [-0.25, -0.2) is 0 Å². The van der Waals surface area contributed by atoms with Gasteiger partial charge in [-0.05, 0) is 0 Å². The first-order chi connectivity index (χ1) is 3.91. The Morgan fingerprint density at radius 2 is 1.88 bits per heavy atom. The molecule has 0 rings (SSSR count). The third-order valence-electron chi connectivity index (χ3n) is 0.854. The molecule has 0 aromatic carbocycles. The first-order valence-electron chi connectivity index (χ1n) is 2.91. The van der Waals surface area contributed by atoms with Crippen LogP contribution in [0.4, 0.5) is 0 Å². The first kappa shape index (κ1) is 11.5. The molecule has 0 heterocycles. The van der Waals surface area contributed by atoms with Crippen LogP contribution in [0.15, 0.2) is 0 Å². The Balaban J connectivity index is 0. The summed E-state index contributed by atoms with van der Waals surface area (Å²) in [6.07, 6.45) is 5.07. The van der Waals surface area contributed by atoms with E-state index in [2.05, 4.69) is 13.8 Å². The van der Waals surface area contributed by atoms with Crippen LogP contribution < -0.4 is 0 Å². The predicted octanol–water partition coefficient (Wildman–Crippen LogP) is 2.28. The third-order valence-corrected chi connectivity index (χ3v) is 0.854. The van der Waals surface area contributed by atoms with E-state index in [1.165, 1.54) is 19.3 Å². The molecular formula is C6H13OZr-. The molecule has 0 saturated heterocycles.